The van der Waals surface area contributed by atoms with Crippen LogP contribution in [-0.2, 0) is 14.8 Å². The molecule has 0 aromatic heterocycles. The topological polar surface area (TPSA) is 97.0 Å². The maximum atomic E-state index is 12.5. The Bertz CT molecular complexity index is 957. The van der Waals surface area contributed by atoms with Gasteiger partial charge in [0.15, 0.2) is 11.5 Å². The highest BCUT2D eigenvalue weighted by Gasteiger charge is 2.21. The first-order chi connectivity index (χ1) is 14.0. The molecule has 0 atom stereocenters. The second-order valence-corrected chi connectivity index (χ2v) is 8.28. The Hall–Kier alpha value is -2.78. The molecular formula is C20H25N3O5S. The van der Waals surface area contributed by atoms with Gasteiger partial charge >= 0.3 is 0 Å². The molecule has 2 aromatic rings. The van der Waals surface area contributed by atoms with Gasteiger partial charge in [-0.3, -0.25) is 4.79 Å². The van der Waals surface area contributed by atoms with Crippen LogP contribution in [0.1, 0.15) is 13.8 Å². The molecule has 8 nitrogen and oxygen atoms in total. The van der Waals surface area contributed by atoms with E-state index in [1.165, 1.54) is 16.4 Å². The summed E-state index contributed by atoms with van der Waals surface area (Å²) in [4.78, 5) is 12.5. The highest BCUT2D eigenvalue weighted by Crippen LogP contribution is 2.37. The number of hydrogen-bond acceptors (Lipinski definition) is 6. The molecule has 2 N–H and O–H groups in total. The number of hydrogen-bond donors (Lipinski definition) is 2. The smallest absolute Gasteiger partial charge is 0.243 e. The average Bonchev–Trinajstić information content (AvgIpc) is 2.73. The van der Waals surface area contributed by atoms with E-state index in [-0.39, 0.29) is 17.3 Å². The molecule has 0 saturated heterocycles. The highest BCUT2D eigenvalue weighted by atomic mass is 32.2. The maximum absolute atomic E-state index is 12.5. The van der Waals surface area contributed by atoms with Gasteiger partial charge in [0.25, 0.3) is 0 Å². The molecule has 0 spiro atoms. The second-order valence-electron chi connectivity index (χ2n) is 6.35. The SMILES string of the molecule is CCN(CC)S(=O)(=O)c1ccc(NC(=O)CNc2cccc3c2OCCO3)cc1. The van der Waals surface area contributed by atoms with Gasteiger partial charge in [0.1, 0.15) is 13.2 Å². The second kappa shape index (κ2) is 9.15. The summed E-state index contributed by atoms with van der Waals surface area (Å²) >= 11 is 0. The van der Waals surface area contributed by atoms with Crippen molar-refractivity contribution >= 4 is 27.3 Å². The highest BCUT2D eigenvalue weighted by molar-refractivity contribution is 7.89. The van der Waals surface area contributed by atoms with Crippen molar-refractivity contribution in [2.45, 2.75) is 18.7 Å². The third kappa shape index (κ3) is 4.80. The van der Waals surface area contributed by atoms with Gasteiger partial charge in [-0.2, -0.15) is 4.31 Å². The van der Waals surface area contributed by atoms with Gasteiger partial charge in [-0.05, 0) is 36.4 Å². The van der Waals surface area contributed by atoms with Crippen LogP contribution in [0.5, 0.6) is 11.5 Å². The number of nitrogens with zero attached hydrogens (tertiary/aromatic N) is 1. The number of nitrogens with one attached hydrogen (secondary N) is 2. The number of sulfonamides is 1. The summed E-state index contributed by atoms with van der Waals surface area (Å²) in [6, 6.07) is 11.6. The zero-order valence-corrected chi connectivity index (χ0v) is 17.3. The third-order valence-corrected chi connectivity index (χ3v) is 6.55. The summed E-state index contributed by atoms with van der Waals surface area (Å²) in [7, 11) is -3.52. The standard InChI is InChI=1S/C20H25N3O5S/c1-3-23(4-2)29(25,26)16-10-8-15(9-11-16)22-19(24)14-21-17-6-5-7-18-20(17)28-13-12-27-18/h5-11,21H,3-4,12-14H2,1-2H3,(H,22,24). The number of carbonyl (C=O) groups excluding carboxylic acids is 1. The summed E-state index contributed by atoms with van der Waals surface area (Å²) in [6.07, 6.45) is 0. The number of carbonyl (C=O) groups is 1. The zero-order valence-electron chi connectivity index (χ0n) is 16.5. The summed E-state index contributed by atoms with van der Waals surface area (Å²) in [5.41, 5.74) is 1.20. The van der Waals surface area contributed by atoms with E-state index in [4.69, 9.17) is 9.47 Å². The fourth-order valence-electron chi connectivity index (χ4n) is 3.02. The third-order valence-electron chi connectivity index (χ3n) is 4.49. The Labute approximate surface area is 170 Å². The molecule has 0 radical (unpaired) electrons. The molecule has 9 heteroatoms. The van der Waals surface area contributed by atoms with Crippen molar-refractivity contribution in [3.8, 4) is 11.5 Å². The average molecular weight is 420 g/mol. The van der Waals surface area contributed by atoms with Gasteiger partial charge < -0.3 is 20.1 Å². The Morgan fingerprint density at radius 3 is 2.41 bits per heavy atom. The van der Waals surface area contributed by atoms with Crippen molar-refractivity contribution in [2.75, 3.05) is 43.5 Å². The number of anilines is 2. The molecule has 0 fully saturated rings. The molecule has 2 aromatic carbocycles. The fraction of sp³-hybridized carbons (Fsp3) is 0.350. The van der Waals surface area contributed by atoms with Gasteiger partial charge in [0.2, 0.25) is 15.9 Å². The number of amides is 1. The first-order valence-electron chi connectivity index (χ1n) is 9.48. The van der Waals surface area contributed by atoms with E-state index in [0.29, 0.717) is 49.2 Å². The minimum Gasteiger partial charge on any atom is -0.486 e. The Morgan fingerprint density at radius 2 is 1.72 bits per heavy atom. The van der Waals surface area contributed by atoms with Gasteiger partial charge in [-0.1, -0.05) is 19.9 Å². The number of para-hydroxylation sites is 1. The summed E-state index contributed by atoms with van der Waals surface area (Å²) in [5, 5.41) is 5.79. The first kappa shape index (κ1) is 20.9. The van der Waals surface area contributed by atoms with Crippen molar-refractivity contribution in [1.82, 2.24) is 4.31 Å². The molecule has 1 amide bonds. The molecule has 0 unspecified atom stereocenters. The number of rotatable bonds is 8. The predicted molar refractivity (Wildman–Crippen MR) is 111 cm³/mol. The first-order valence-corrected chi connectivity index (χ1v) is 10.9. The van der Waals surface area contributed by atoms with Crippen LogP contribution < -0.4 is 20.1 Å². The molecule has 0 saturated carbocycles. The summed E-state index contributed by atoms with van der Waals surface area (Å²) < 4.78 is 37.5. The van der Waals surface area contributed by atoms with Crippen molar-refractivity contribution < 1.29 is 22.7 Å². The van der Waals surface area contributed by atoms with Crippen LogP contribution >= 0.6 is 0 Å². The van der Waals surface area contributed by atoms with Gasteiger partial charge in [-0.15, -0.1) is 0 Å². The van der Waals surface area contributed by atoms with E-state index in [1.54, 1.807) is 26.0 Å². The maximum Gasteiger partial charge on any atom is 0.243 e. The molecule has 156 valence electrons. The molecule has 0 bridgehead atoms. The predicted octanol–water partition coefficient (Wildman–Crippen LogP) is 2.54. The van der Waals surface area contributed by atoms with E-state index in [9.17, 15) is 13.2 Å². The summed E-state index contributed by atoms with van der Waals surface area (Å²) in [6.45, 7) is 5.38. The molecular weight excluding hydrogens is 394 g/mol. The molecule has 1 aliphatic rings. The van der Waals surface area contributed by atoms with E-state index < -0.39 is 10.0 Å². The number of benzene rings is 2. The van der Waals surface area contributed by atoms with Crippen LogP contribution in [0, 0.1) is 0 Å². The van der Waals surface area contributed by atoms with E-state index in [1.807, 2.05) is 18.2 Å². The minimum absolute atomic E-state index is 0.0271. The molecule has 1 heterocycles. The zero-order chi connectivity index (χ0) is 20.9. The van der Waals surface area contributed by atoms with E-state index in [2.05, 4.69) is 10.6 Å². The van der Waals surface area contributed by atoms with Gasteiger partial charge in [-0.25, -0.2) is 8.42 Å². The molecule has 1 aliphatic heterocycles. The quantitative estimate of drug-likeness (QED) is 0.683. The number of fused-ring (bicyclic) bond motifs is 1. The molecule has 0 aliphatic carbocycles. The monoisotopic (exact) mass is 419 g/mol. The van der Waals surface area contributed by atoms with Crippen molar-refractivity contribution in [3.63, 3.8) is 0 Å². The van der Waals surface area contributed by atoms with Crippen LogP contribution in [0.3, 0.4) is 0 Å². The lowest BCUT2D eigenvalue weighted by molar-refractivity contribution is -0.114. The molecule has 29 heavy (non-hydrogen) atoms. The Morgan fingerprint density at radius 1 is 1.03 bits per heavy atom. The fourth-order valence-corrected chi connectivity index (χ4v) is 4.47. The van der Waals surface area contributed by atoms with Crippen molar-refractivity contribution in [3.05, 3.63) is 42.5 Å². The van der Waals surface area contributed by atoms with Crippen LogP contribution in [0.2, 0.25) is 0 Å². The van der Waals surface area contributed by atoms with Crippen molar-refractivity contribution in [2.24, 2.45) is 0 Å². The number of ether oxygens (including phenoxy) is 2. The summed E-state index contributed by atoms with van der Waals surface area (Å²) in [5.74, 6) is 0.975. The Kier molecular flexibility index (Phi) is 6.60. The van der Waals surface area contributed by atoms with Crippen LogP contribution in [-0.4, -0.2) is 51.5 Å². The van der Waals surface area contributed by atoms with Crippen molar-refractivity contribution in [1.29, 1.82) is 0 Å². The normalized spacial score (nSPS) is 13.2. The van der Waals surface area contributed by atoms with E-state index in [0.717, 1.165) is 0 Å². The Balaban J connectivity index is 1.60. The van der Waals surface area contributed by atoms with Gasteiger partial charge in [0.05, 0.1) is 17.1 Å². The van der Waals surface area contributed by atoms with Crippen LogP contribution in [0.4, 0.5) is 11.4 Å². The van der Waals surface area contributed by atoms with Gasteiger partial charge in [0, 0.05) is 18.8 Å². The largest absolute Gasteiger partial charge is 0.486 e. The lowest BCUT2D eigenvalue weighted by atomic mass is 10.2. The van der Waals surface area contributed by atoms with E-state index >= 15 is 0 Å². The lowest BCUT2D eigenvalue weighted by Gasteiger charge is -2.21. The van der Waals surface area contributed by atoms with Crippen LogP contribution in [0.15, 0.2) is 47.4 Å². The lowest BCUT2D eigenvalue weighted by Crippen LogP contribution is -2.30. The van der Waals surface area contributed by atoms with Crippen LogP contribution in [0.25, 0.3) is 0 Å². The minimum atomic E-state index is -3.52. The molecule has 3 rings (SSSR count).